The van der Waals surface area contributed by atoms with Crippen LogP contribution in [0.1, 0.15) is 39.2 Å². The highest BCUT2D eigenvalue weighted by Crippen LogP contribution is 2.38. The van der Waals surface area contributed by atoms with Gasteiger partial charge in [0, 0.05) is 44.7 Å². The maximum absolute atomic E-state index is 13.4. The minimum atomic E-state index is -4.54. The third kappa shape index (κ3) is 4.09. The summed E-state index contributed by atoms with van der Waals surface area (Å²) in [6.45, 7) is 1.18. The van der Waals surface area contributed by atoms with Crippen LogP contribution >= 0.6 is 0 Å². The van der Waals surface area contributed by atoms with Crippen LogP contribution in [-0.4, -0.2) is 69.1 Å². The molecule has 186 valence electrons. The van der Waals surface area contributed by atoms with Crippen molar-refractivity contribution >= 4 is 11.6 Å². The number of halogens is 3. The number of nitrogens with zero attached hydrogens (tertiary/aromatic N) is 4. The Hall–Kier alpha value is -2.95. The quantitative estimate of drug-likeness (QED) is 0.614. The van der Waals surface area contributed by atoms with Crippen molar-refractivity contribution in [3.8, 4) is 0 Å². The van der Waals surface area contributed by atoms with Gasteiger partial charge < -0.3 is 19.1 Å². The van der Waals surface area contributed by atoms with E-state index in [-0.39, 0.29) is 30.1 Å². The van der Waals surface area contributed by atoms with Gasteiger partial charge in [-0.15, -0.1) is 0 Å². The molecule has 0 saturated carbocycles. The lowest BCUT2D eigenvalue weighted by atomic mass is 9.74. The standard InChI is InChI=1S/C25H27F3N4O3/c1-30-11-17-6-4-3-5-16(17)10-24(30)7-8-31(14-21(24)33)23(34)20-13-32-12-19(25(26,27)28)9-18(15-35-2)22(32)29-20/h3-6,9,12-13,21,33H,7-8,10-11,14-15H2,1-2H3. The molecule has 1 spiro atoms. The molecule has 2 aliphatic rings. The van der Waals surface area contributed by atoms with Crippen LogP contribution in [0.5, 0.6) is 0 Å². The van der Waals surface area contributed by atoms with Crippen LogP contribution in [0.4, 0.5) is 13.2 Å². The fraction of sp³-hybridized carbons (Fsp3) is 0.440. The number of piperidine rings is 1. The lowest BCUT2D eigenvalue weighted by Crippen LogP contribution is -2.66. The van der Waals surface area contributed by atoms with E-state index in [1.165, 1.54) is 33.7 Å². The summed E-state index contributed by atoms with van der Waals surface area (Å²) >= 11 is 0. The number of ether oxygens (including phenoxy) is 1. The fourth-order valence-electron chi connectivity index (χ4n) is 5.41. The molecule has 0 radical (unpaired) electrons. The zero-order valence-corrected chi connectivity index (χ0v) is 19.5. The molecule has 2 unspecified atom stereocenters. The zero-order chi connectivity index (χ0) is 25.0. The number of aliphatic hydroxyl groups is 1. The van der Waals surface area contributed by atoms with Crippen molar-refractivity contribution in [2.45, 2.75) is 43.8 Å². The van der Waals surface area contributed by atoms with Crippen LogP contribution < -0.4 is 0 Å². The molecule has 2 aromatic heterocycles. The Morgan fingerprint density at radius 2 is 2.00 bits per heavy atom. The molecule has 1 fully saturated rings. The van der Waals surface area contributed by atoms with Gasteiger partial charge in [-0.25, -0.2) is 4.98 Å². The summed E-state index contributed by atoms with van der Waals surface area (Å²) in [6, 6.07) is 9.17. The number of pyridine rings is 1. The Morgan fingerprint density at radius 1 is 1.26 bits per heavy atom. The van der Waals surface area contributed by atoms with Gasteiger partial charge in [0.05, 0.1) is 23.8 Å². The highest BCUT2D eigenvalue weighted by molar-refractivity contribution is 5.93. The third-order valence-electron chi connectivity index (χ3n) is 7.37. The smallest absolute Gasteiger partial charge is 0.389 e. The molecule has 4 heterocycles. The molecule has 0 bridgehead atoms. The number of aliphatic hydroxyl groups excluding tert-OH is 1. The topological polar surface area (TPSA) is 70.3 Å². The van der Waals surface area contributed by atoms with E-state index < -0.39 is 29.3 Å². The van der Waals surface area contributed by atoms with Crippen LogP contribution in [0.3, 0.4) is 0 Å². The van der Waals surface area contributed by atoms with E-state index in [1.54, 1.807) is 0 Å². The predicted octanol–water partition coefficient (Wildman–Crippen LogP) is 3.13. The molecule has 1 N–H and O–H groups in total. The summed E-state index contributed by atoms with van der Waals surface area (Å²) in [7, 11) is 3.38. The van der Waals surface area contributed by atoms with Crippen LogP contribution in [0.25, 0.3) is 5.65 Å². The highest BCUT2D eigenvalue weighted by atomic mass is 19.4. The van der Waals surface area contributed by atoms with Crippen molar-refractivity contribution in [1.29, 1.82) is 0 Å². The molecule has 2 atom stereocenters. The number of likely N-dealkylation sites (N-methyl/N-ethyl adjacent to an activating group) is 1. The van der Waals surface area contributed by atoms with Gasteiger partial charge in [0.25, 0.3) is 5.91 Å². The number of alkyl halides is 3. The molecule has 5 rings (SSSR count). The average molecular weight is 489 g/mol. The molecule has 0 aliphatic carbocycles. The van der Waals surface area contributed by atoms with E-state index in [9.17, 15) is 23.1 Å². The Kier molecular flexibility index (Phi) is 5.85. The van der Waals surface area contributed by atoms with Gasteiger partial charge in [0.2, 0.25) is 0 Å². The number of benzene rings is 1. The maximum atomic E-state index is 13.4. The number of likely N-dealkylation sites (tertiary alicyclic amines) is 1. The molecule has 7 nitrogen and oxygen atoms in total. The summed E-state index contributed by atoms with van der Waals surface area (Å²) in [5, 5.41) is 11.2. The number of hydrogen-bond acceptors (Lipinski definition) is 5. The third-order valence-corrected chi connectivity index (χ3v) is 7.37. The Balaban J connectivity index is 1.40. The van der Waals surface area contributed by atoms with E-state index in [2.05, 4.69) is 22.0 Å². The molecule has 3 aromatic rings. The van der Waals surface area contributed by atoms with Crippen molar-refractivity contribution in [3.63, 3.8) is 0 Å². The van der Waals surface area contributed by atoms with Crippen LogP contribution in [0.15, 0.2) is 42.7 Å². The van der Waals surface area contributed by atoms with Gasteiger partial charge in [-0.3, -0.25) is 9.69 Å². The van der Waals surface area contributed by atoms with Crippen LogP contribution in [-0.2, 0) is 30.5 Å². The number of methoxy groups -OCH3 is 1. The monoisotopic (exact) mass is 488 g/mol. The van der Waals surface area contributed by atoms with Gasteiger partial charge in [-0.1, -0.05) is 24.3 Å². The second-order valence-electron chi connectivity index (χ2n) is 9.46. The van der Waals surface area contributed by atoms with Crippen molar-refractivity contribution in [1.82, 2.24) is 19.2 Å². The number of rotatable bonds is 3. The molecule has 35 heavy (non-hydrogen) atoms. The van der Waals surface area contributed by atoms with Gasteiger partial charge in [0.15, 0.2) is 0 Å². The van der Waals surface area contributed by atoms with Crippen molar-refractivity contribution in [2.24, 2.45) is 0 Å². The van der Waals surface area contributed by atoms with Crippen LogP contribution in [0, 0.1) is 0 Å². The van der Waals surface area contributed by atoms with E-state index in [0.717, 1.165) is 18.8 Å². The molecular weight excluding hydrogens is 461 g/mol. The number of carbonyl (C=O) groups is 1. The number of hydrogen-bond donors (Lipinski definition) is 1. The van der Waals surface area contributed by atoms with Crippen LogP contribution in [0.2, 0.25) is 0 Å². The first-order chi connectivity index (χ1) is 16.6. The second kappa shape index (κ2) is 8.61. The lowest BCUT2D eigenvalue weighted by molar-refractivity contribution is -0.138. The number of fused-ring (bicyclic) bond motifs is 2. The molecule has 2 aliphatic heterocycles. The first kappa shape index (κ1) is 23.8. The lowest BCUT2D eigenvalue weighted by Gasteiger charge is -2.53. The van der Waals surface area contributed by atoms with Crippen molar-refractivity contribution < 1.29 is 27.8 Å². The Morgan fingerprint density at radius 3 is 2.69 bits per heavy atom. The average Bonchev–Trinajstić information content (AvgIpc) is 3.25. The number of imidazole rings is 1. The van der Waals surface area contributed by atoms with Crippen molar-refractivity contribution in [2.75, 3.05) is 27.2 Å². The molecule has 10 heteroatoms. The first-order valence-electron chi connectivity index (χ1n) is 11.5. The first-order valence-corrected chi connectivity index (χ1v) is 11.5. The summed E-state index contributed by atoms with van der Waals surface area (Å²) in [5.74, 6) is -0.418. The molecular formula is C25H27F3N4O3. The summed E-state index contributed by atoms with van der Waals surface area (Å²) < 4.78 is 46.3. The minimum Gasteiger partial charge on any atom is -0.389 e. The van der Waals surface area contributed by atoms with Gasteiger partial charge in [-0.05, 0) is 37.1 Å². The fourth-order valence-corrected chi connectivity index (χ4v) is 5.41. The second-order valence-corrected chi connectivity index (χ2v) is 9.46. The van der Waals surface area contributed by atoms with Gasteiger partial charge >= 0.3 is 6.18 Å². The van der Waals surface area contributed by atoms with E-state index >= 15 is 0 Å². The number of aromatic nitrogens is 2. The predicted molar refractivity (Wildman–Crippen MR) is 122 cm³/mol. The number of amides is 1. The molecule has 1 amide bonds. The summed E-state index contributed by atoms with van der Waals surface area (Å²) in [5.41, 5.74) is 1.63. The van der Waals surface area contributed by atoms with Gasteiger partial charge in [-0.2, -0.15) is 13.2 Å². The molecule has 1 saturated heterocycles. The van der Waals surface area contributed by atoms with E-state index in [4.69, 9.17) is 4.74 Å². The summed E-state index contributed by atoms with van der Waals surface area (Å²) in [4.78, 5) is 21.3. The SMILES string of the molecule is COCc1cc(C(F)(F)F)cn2cc(C(=O)N3CCC4(Cc5ccccc5CN4C)C(O)C3)nc12. The number of carbonyl (C=O) groups excluding carboxylic acids is 1. The highest BCUT2D eigenvalue weighted by Gasteiger charge is 2.48. The van der Waals surface area contributed by atoms with E-state index in [1.807, 2.05) is 19.2 Å². The number of β-amino-alcohol motifs (C(OH)–C–C–N with tert-alkyl or cyclic N) is 1. The van der Waals surface area contributed by atoms with Gasteiger partial charge in [0.1, 0.15) is 11.3 Å². The van der Waals surface area contributed by atoms with Crippen molar-refractivity contribution in [3.05, 3.63) is 70.7 Å². The Bertz CT molecular complexity index is 1270. The maximum Gasteiger partial charge on any atom is 0.417 e. The normalized spacial score (nSPS) is 23.1. The Labute approximate surface area is 200 Å². The molecule has 1 aromatic carbocycles. The largest absolute Gasteiger partial charge is 0.417 e. The minimum absolute atomic E-state index is 0.0344. The summed E-state index contributed by atoms with van der Waals surface area (Å²) in [6.07, 6.45) is -1.82. The van der Waals surface area contributed by atoms with E-state index in [0.29, 0.717) is 19.4 Å². The zero-order valence-electron chi connectivity index (χ0n) is 19.5.